The lowest BCUT2D eigenvalue weighted by atomic mass is 9.86. The highest BCUT2D eigenvalue weighted by molar-refractivity contribution is 7.92. The lowest BCUT2D eigenvalue weighted by Gasteiger charge is -2.29. The molecular weight excluding hydrogens is 421 g/mol. The summed E-state index contributed by atoms with van der Waals surface area (Å²) in [5.74, 6) is -0.189. The van der Waals surface area contributed by atoms with Crippen molar-refractivity contribution in [2.24, 2.45) is 5.92 Å². The summed E-state index contributed by atoms with van der Waals surface area (Å²) >= 11 is 0. The molecule has 3 unspecified atom stereocenters. The van der Waals surface area contributed by atoms with Crippen molar-refractivity contribution in [1.29, 1.82) is 0 Å². The summed E-state index contributed by atoms with van der Waals surface area (Å²) in [6.45, 7) is 7.18. The van der Waals surface area contributed by atoms with E-state index in [4.69, 9.17) is 4.74 Å². The van der Waals surface area contributed by atoms with Crippen molar-refractivity contribution in [1.82, 2.24) is 10.0 Å². The third-order valence-corrected chi connectivity index (χ3v) is 7.98. The number of benzene rings is 1. The van der Waals surface area contributed by atoms with Crippen molar-refractivity contribution in [3.63, 3.8) is 0 Å². The quantitative estimate of drug-likeness (QED) is 0.561. The molecule has 2 aliphatic carbocycles. The van der Waals surface area contributed by atoms with Crippen LogP contribution in [0.15, 0.2) is 6.07 Å². The first-order chi connectivity index (χ1) is 14.7. The molecule has 1 aromatic rings. The van der Waals surface area contributed by atoms with E-state index in [1.54, 1.807) is 0 Å². The Labute approximate surface area is 183 Å². The average molecular weight is 454 g/mol. The molecule has 1 saturated carbocycles. The first-order valence-corrected chi connectivity index (χ1v) is 12.7. The Morgan fingerprint density at radius 3 is 2.77 bits per heavy atom. The third kappa shape index (κ3) is 4.14. The van der Waals surface area contributed by atoms with E-state index in [1.165, 1.54) is 0 Å². The minimum absolute atomic E-state index is 0.00423. The number of rotatable bonds is 9. The van der Waals surface area contributed by atoms with Crippen LogP contribution in [0.2, 0.25) is 0 Å². The monoisotopic (exact) mass is 453 g/mol. The van der Waals surface area contributed by atoms with Gasteiger partial charge >= 0.3 is 10.2 Å². The van der Waals surface area contributed by atoms with Crippen molar-refractivity contribution < 1.29 is 22.3 Å². The minimum Gasteiger partial charge on any atom is -0.491 e. The number of hydrogen-bond acceptors (Lipinski definition) is 5. The van der Waals surface area contributed by atoms with Crippen LogP contribution in [0.3, 0.4) is 0 Å². The number of hydrogen-bond donors (Lipinski definition) is 2. The summed E-state index contributed by atoms with van der Waals surface area (Å²) in [4.78, 5) is 11.8. The van der Waals surface area contributed by atoms with Gasteiger partial charge < -0.3 is 10.1 Å². The van der Waals surface area contributed by atoms with E-state index in [-0.39, 0.29) is 29.3 Å². The Morgan fingerprint density at radius 2 is 2.13 bits per heavy atom. The molecule has 31 heavy (non-hydrogen) atoms. The Balaban J connectivity index is 1.70. The number of ether oxygens (including phenoxy) is 1. The summed E-state index contributed by atoms with van der Waals surface area (Å²) in [5, 5.41) is 3.59. The molecule has 2 N–H and O–H groups in total. The van der Waals surface area contributed by atoms with E-state index in [0.29, 0.717) is 18.1 Å². The fourth-order valence-corrected chi connectivity index (χ4v) is 6.23. The van der Waals surface area contributed by atoms with Gasteiger partial charge in [-0.3, -0.25) is 4.79 Å². The van der Waals surface area contributed by atoms with Crippen molar-refractivity contribution in [3.8, 4) is 5.75 Å². The van der Waals surface area contributed by atoms with Crippen LogP contribution in [-0.2, 0) is 15.0 Å². The predicted molar refractivity (Wildman–Crippen MR) is 117 cm³/mol. The van der Waals surface area contributed by atoms with Crippen molar-refractivity contribution >= 4 is 21.8 Å². The molecule has 1 aromatic carbocycles. The van der Waals surface area contributed by atoms with Gasteiger partial charge in [0.25, 0.3) is 5.91 Å². The topological polar surface area (TPSA) is 87.7 Å². The number of amides is 1. The van der Waals surface area contributed by atoms with Crippen LogP contribution in [0, 0.1) is 11.7 Å². The van der Waals surface area contributed by atoms with E-state index in [9.17, 15) is 13.2 Å². The zero-order valence-electron chi connectivity index (χ0n) is 18.4. The Bertz CT molecular complexity index is 966. The van der Waals surface area contributed by atoms with Gasteiger partial charge in [0, 0.05) is 12.0 Å². The van der Waals surface area contributed by atoms with E-state index in [1.807, 2.05) is 17.7 Å². The molecule has 172 valence electrons. The van der Waals surface area contributed by atoms with Crippen LogP contribution < -0.4 is 19.1 Å². The number of carbonyl (C=O) groups excluding carboxylic acids is 1. The van der Waals surface area contributed by atoms with Crippen molar-refractivity contribution in [3.05, 3.63) is 23.0 Å². The number of nitrogens with one attached hydrogen (secondary N) is 2. The molecule has 0 radical (unpaired) electrons. The van der Waals surface area contributed by atoms with Crippen LogP contribution in [0.5, 0.6) is 5.75 Å². The van der Waals surface area contributed by atoms with Crippen LogP contribution >= 0.6 is 0 Å². The fraction of sp³-hybridized carbons (Fsp3) is 0.682. The van der Waals surface area contributed by atoms with E-state index in [0.717, 1.165) is 48.5 Å². The average Bonchev–Trinajstić information content (AvgIpc) is 3.32. The molecule has 0 aromatic heterocycles. The Morgan fingerprint density at radius 1 is 1.35 bits per heavy atom. The maximum Gasteiger partial charge on any atom is 0.326 e. The van der Waals surface area contributed by atoms with E-state index >= 15 is 4.39 Å². The van der Waals surface area contributed by atoms with E-state index in [2.05, 4.69) is 19.2 Å². The maximum atomic E-state index is 16.0. The predicted octanol–water partition coefficient (Wildman–Crippen LogP) is 3.16. The first kappa shape index (κ1) is 22.3. The fourth-order valence-electron chi connectivity index (χ4n) is 5.07. The van der Waals surface area contributed by atoms with E-state index < -0.39 is 28.5 Å². The van der Waals surface area contributed by atoms with Gasteiger partial charge in [-0.25, -0.2) is 13.4 Å². The molecule has 2 fully saturated rings. The van der Waals surface area contributed by atoms with Crippen molar-refractivity contribution in [2.45, 2.75) is 70.8 Å². The zero-order chi connectivity index (χ0) is 22.3. The smallest absolute Gasteiger partial charge is 0.326 e. The number of anilines is 1. The highest BCUT2D eigenvalue weighted by Crippen LogP contribution is 2.57. The molecule has 9 heteroatoms. The number of nitrogens with zero attached hydrogens (tertiary/aromatic N) is 1. The van der Waals surface area contributed by atoms with Crippen LogP contribution in [-0.4, -0.2) is 40.1 Å². The molecule has 3 atom stereocenters. The maximum absolute atomic E-state index is 16.0. The molecule has 1 saturated heterocycles. The Kier molecular flexibility index (Phi) is 6.18. The zero-order valence-corrected chi connectivity index (χ0v) is 19.2. The summed E-state index contributed by atoms with van der Waals surface area (Å²) in [6, 6.07) is 2.00. The minimum atomic E-state index is -4.13. The highest BCUT2D eigenvalue weighted by atomic mass is 32.2. The summed E-state index contributed by atoms with van der Waals surface area (Å²) in [5.41, 5.74) is 1.38. The highest BCUT2D eigenvalue weighted by Gasteiger charge is 2.48. The lowest BCUT2D eigenvalue weighted by Crippen LogP contribution is -2.35. The molecule has 0 spiro atoms. The molecule has 1 aliphatic heterocycles. The molecule has 7 nitrogen and oxygen atoms in total. The second-order valence-electron chi connectivity index (χ2n) is 9.30. The molecule has 1 heterocycles. The van der Waals surface area contributed by atoms with Crippen LogP contribution in [0.1, 0.15) is 75.8 Å². The van der Waals surface area contributed by atoms with Gasteiger partial charge in [-0.15, -0.1) is 0 Å². The van der Waals surface area contributed by atoms with Crippen LogP contribution in [0.4, 0.5) is 10.1 Å². The number of fused-ring (bicyclic) bond motifs is 5. The molecule has 1 amide bonds. The van der Waals surface area contributed by atoms with Crippen molar-refractivity contribution in [2.75, 3.05) is 24.0 Å². The van der Waals surface area contributed by atoms with Gasteiger partial charge in [0.15, 0.2) is 5.82 Å². The lowest BCUT2D eigenvalue weighted by molar-refractivity contribution is -0.117. The molecular formula is C22H32FN3O4S. The second-order valence-corrected chi connectivity index (χ2v) is 10.9. The molecule has 2 bridgehead atoms. The summed E-state index contributed by atoms with van der Waals surface area (Å²) in [6.07, 6.45) is 4.53. The number of carbonyl (C=O) groups is 1. The van der Waals surface area contributed by atoms with Gasteiger partial charge in [0.05, 0.1) is 6.61 Å². The van der Waals surface area contributed by atoms with Gasteiger partial charge in [0.2, 0.25) is 0 Å². The Hall–Kier alpha value is -1.87. The first-order valence-electron chi connectivity index (χ1n) is 11.3. The van der Waals surface area contributed by atoms with Gasteiger partial charge in [-0.1, -0.05) is 27.2 Å². The van der Waals surface area contributed by atoms with Gasteiger partial charge in [-0.2, -0.15) is 8.42 Å². The summed E-state index contributed by atoms with van der Waals surface area (Å²) < 4.78 is 49.6. The largest absolute Gasteiger partial charge is 0.491 e. The normalized spacial score (nSPS) is 25.9. The number of halogens is 1. The third-order valence-electron chi connectivity index (χ3n) is 6.60. The standard InChI is InChI=1S/C22H32FN3O4S/c1-4-5-8-30-18-11-15-14-9-16(17(10-14)24-7-6-13(2)3)20(15)21(23)22(18)26-12-19(27)25-31(26,28)29/h11,13-14,16-17,24H,4-10,12H2,1-3H3,(H,25,27). The number of unbranched alkanes of at least 4 members (excludes halogenated alkanes) is 1. The van der Waals surface area contributed by atoms with Crippen LogP contribution in [0.25, 0.3) is 0 Å². The molecule has 4 rings (SSSR count). The second kappa shape index (κ2) is 8.58. The summed E-state index contributed by atoms with van der Waals surface area (Å²) in [7, 11) is -4.13. The molecule has 3 aliphatic rings. The van der Waals surface area contributed by atoms with Gasteiger partial charge in [-0.05, 0) is 61.3 Å². The van der Waals surface area contributed by atoms with Gasteiger partial charge in [0.1, 0.15) is 18.0 Å². The SMILES string of the molecule is CCCCOc1cc2c(c(F)c1N1CC(=O)NS1(=O)=O)C1CC2CC1NCCC(C)C.